The van der Waals surface area contributed by atoms with Gasteiger partial charge in [-0.05, 0) is 107 Å². The third kappa shape index (κ3) is 3.81. The topological polar surface area (TPSA) is 29.0 Å². The Morgan fingerprint density at radius 3 is 1.60 bits per heavy atom. The Hall–Kier alpha value is -5.02. The Balaban J connectivity index is 1.43. The molecular weight excluding hydrogens is 522 g/mol. The van der Waals surface area contributed by atoms with Crippen molar-refractivity contribution in [2.45, 2.75) is 38.5 Å². The molecule has 0 saturated carbocycles. The molecular formula is C40H33N3. The van der Waals surface area contributed by atoms with Crippen LogP contribution in [0.3, 0.4) is 0 Å². The van der Waals surface area contributed by atoms with E-state index >= 15 is 0 Å². The summed E-state index contributed by atoms with van der Waals surface area (Å²) in [7, 11) is 0. The summed E-state index contributed by atoms with van der Waals surface area (Å²) in [6.07, 6.45) is 3.82. The molecule has 0 N–H and O–H groups in total. The highest BCUT2D eigenvalue weighted by Gasteiger charge is 2.46. The molecule has 3 heteroatoms. The lowest BCUT2D eigenvalue weighted by atomic mass is 9.67. The number of fused-ring (bicyclic) bond motifs is 4. The van der Waals surface area contributed by atoms with Crippen LogP contribution in [0.1, 0.15) is 50.1 Å². The van der Waals surface area contributed by atoms with E-state index < -0.39 is 0 Å². The highest BCUT2D eigenvalue weighted by atomic mass is 15.2. The van der Waals surface area contributed by atoms with E-state index in [2.05, 4.69) is 142 Å². The minimum atomic E-state index is -0.297. The van der Waals surface area contributed by atoms with Gasteiger partial charge in [0.2, 0.25) is 0 Å². The lowest BCUT2D eigenvalue weighted by molar-refractivity contribution is 0.582. The number of nitrogens with zero attached hydrogens (tertiary/aromatic N) is 3. The summed E-state index contributed by atoms with van der Waals surface area (Å²) in [5.41, 5.74) is 14.0. The Morgan fingerprint density at radius 1 is 0.465 bits per heavy atom. The molecule has 2 aromatic heterocycles. The molecule has 0 fully saturated rings. The molecule has 4 heterocycles. The molecule has 4 aromatic carbocycles. The van der Waals surface area contributed by atoms with Gasteiger partial charge in [0.05, 0.1) is 17.1 Å². The first kappa shape index (κ1) is 25.7. The van der Waals surface area contributed by atoms with Crippen molar-refractivity contribution < 1.29 is 0 Å². The van der Waals surface area contributed by atoms with Gasteiger partial charge in [-0.2, -0.15) is 0 Å². The molecule has 208 valence electrons. The molecule has 8 rings (SSSR count). The molecule has 2 aliphatic rings. The third-order valence-electron chi connectivity index (χ3n) is 9.45. The quantitative estimate of drug-likeness (QED) is 0.217. The SMILES string of the molecule is CC1(C)c2cccnc2N2c3cccnc3C(C)(C)c3cc(-c4cc(-c5ccccc5)cc(-c5ccccc5)c4)cc1c32. The predicted octanol–water partition coefficient (Wildman–Crippen LogP) is 10.2. The van der Waals surface area contributed by atoms with Crippen molar-refractivity contribution in [3.63, 3.8) is 0 Å². The van der Waals surface area contributed by atoms with Gasteiger partial charge in [-0.1, -0.05) is 80.6 Å². The standard InChI is InChI=1S/C40H33N3/c1-39(2)32-17-11-20-42-38(32)43-35-18-12-19-41-37(35)40(3,4)34-25-31(24-33(39)36(34)43)30-22-28(26-13-7-5-8-14-26)21-29(23-30)27-15-9-6-10-16-27/h5-25H,1-4H3. The first-order valence-electron chi connectivity index (χ1n) is 15.0. The van der Waals surface area contributed by atoms with Gasteiger partial charge in [0.25, 0.3) is 0 Å². The summed E-state index contributed by atoms with van der Waals surface area (Å²) in [5.74, 6) is 0.996. The van der Waals surface area contributed by atoms with Crippen LogP contribution in [0, 0.1) is 0 Å². The lowest BCUT2D eigenvalue weighted by Gasteiger charge is -2.48. The number of hydrogen-bond acceptors (Lipinski definition) is 3. The molecule has 0 spiro atoms. The number of hydrogen-bond donors (Lipinski definition) is 0. The fourth-order valence-electron chi connectivity index (χ4n) is 7.12. The van der Waals surface area contributed by atoms with Gasteiger partial charge in [0, 0.05) is 28.8 Å². The second kappa shape index (κ2) is 9.24. The van der Waals surface area contributed by atoms with Crippen molar-refractivity contribution in [1.82, 2.24) is 9.97 Å². The highest BCUT2D eigenvalue weighted by molar-refractivity contribution is 5.93. The van der Waals surface area contributed by atoms with Gasteiger partial charge in [0.1, 0.15) is 5.82 Å². The van der Waals surface area contributed by atoms with Crippen LogP contribution in [0.5, 0.6) is 0 Å². The molecule has 0 saturated heterocycles. The van der Waals surface area contributed by atoms with Crippen LogP contribution in [-0.2, 0) is 10.8 Å². The minimum absolute atomic E-state index is 0.241. The largest absolute Gasteiger partial charge is 0.292 e. The summed E-state index contributed by atoms with van der Waals surface area (Å²) < 4.78 is 0. The zero-order chi connectivity index (χ0) is 29.3. The van der Waals surface area contributed by atoms with E-state index in [-0.39, 0.29) is 10.8 Å². The van der Waals surface area contributed by atoms with Crippen molar-refractivity contribution in [1.29, 1.82) is 0 Å². The van der Waals surface area contributed by atoms with Crippen molar-refractivity contribution in [3.8, 4) is 33.4 Å². The minimum Gasteiger partial charge on any atom is -0.292 e. The molecule has 0 radical (unpaired) electrons. The summed E-state index contributed by atoms with van der Waals surface area (Å²) in [6.45, 7) is 9.30. The first-order chi connectivity index (χ1) is 20.8. The van der Waals surface area contributed by atoms with E-state index in [0.29, 0.717) is 0 Å². The van der Waals surface area contributed by atoms with Crippen LogP contribution in [0.25, 0.3) is 33.4 Å². The van der Waals surface area contributed by atoms with Gasteiger partial charge in [-0.3, -0.25) is 9.88 Å². The number of pyridine rings is 2. The maximum absolute atomic E-state index is 4.97. The fourth-order valence-corrected chi connectivity index (χ4v) is 7.12. The number of rotatable bonds is 3. The normalized spacial score (nSPS) is 15.3. The number of anilines is 3. The molecule has 43 heavy (non-hydrogen) atoms. The monoisotopic (exact) mass is 555 g/mol. The second-order valence-electron chi connectivity index (χ2n) is 12.8. The van der Waals surface area contributed by atoms with E-state index in [9.17, 15) is 0 Å². The molecule has 0 atom stereocenters. The van der Waals surface area contributed by atoms with Crippen LogP contribution in [0.15, 0.2) is 128 Å². The van der Waals surface area contributed by atoms with Gasteiger partial charge in [-0.25, -0.2) is 4.98 Å². The van der Waals surface area contributed by atoms with E-state index in [0.717, 1.165) is 17.2 Å². The Kier molecular flexibility index (Phi) is 5.52. The molecule has 0 amide bonds. The van der Waals surface area contributed by atoms with Gasteiger partial charge in [-0.15, -0.1) is 0 Å². The van der Waals surface area contributed by atoms with Crippen molar-refractivity contribution in [2.24, 2.45) is 0 Å². The van der Waals surface area contributed by atoms with Crippen LogP contribution in [0.2, 0.25) is 0 Å². The first-order valence-corrected chi connectivity index (χ1v) is 15.0. The maximum atomic E-state index is 4.97. The van der Waals surface area contributed by atoms with Crippen LogP contribution in [-0.4, -0.2) is 9.97 Å². The van der Waals surface area contributed by atoms with E-state index in [1.54, 1.807) is 0 Å². The van der Waals surface area contributed by atoms with Crippen LogP contribution >= 0.6 is 0 Å². The van der Waals surface area contributed by atoms with Gasteiger partial charge in [0.15, 0.2) is 0 Å². The maximum Gasteiger partial charge on any atom is 0.141 e. The van der Waals surface area contributed by atoms with Crippen molar-refractivity contribution in [2.75, 3.05) is 4.90 Å². The molecule has 3 nitrogen and oxygen atoms in total. The zero-order valence-electron chi connectivity index (χ0n) is 25.0. The molecule has 2 aliphatic heterocycles. The molecule has 0 bridgehead atoms. The van der Waals surface area contributed by atoms with Crippen molar-refractivity contribution >= 4 is 17.2 Å². The second-order valence-corrected chi connectivity index (χ2v) is 12.8. The van der Waals surface area contributed by atoms with Crippen molar-refractivity contribution in [3.05, 3.63) is 150 Å². The Labute approximate surface area is 253 Å². The Morgan fingerprint density at radius 2 is 0.977 bits per heavy atom. The number of benzene rings is 4. The molecule has 6 aromatic rings. The predicted molar refractivity (Wildman–Crippen MR) is 177 cm³/mol. The zero-order valence-corrected chi connectivity index (χ0v) is 25.0. The number of aromatic nitrogens is 2. The molecule has 0 unspecified atom stereocenters. The highest BCUT2D eigenvalue weighted by Crippen LogP contribution is 2.59. The lowest BCUT2D eigenvalue weighted by Crippen LogP contribution is -2.39. The Bertz CT molecular complexity index is 1880. The van der Waals surface area contributed by atoms with E-state index in [1.807, 2.05) is 18.5 Å². The summed E-state index contributed by atoms with van der Waals surface area (Å²) in [6, 6.07) is 41.8. The average molecular weight is 556 g/mol. The van der Waals surface area contributed by atoms with Crippen LogP contribution in [0.4, 0.5) is 17.2 Å². The summed E-state index contributed by atoms with van der Waals surface area (Å²) >= 11 is 0. The summed E-state index contributed by atoms with van der Waals surface area (Å²) in [5, 5.41) is 0. The fraction of sp³-hybridized carbons (Fsp3) is 0.150. The van der Waals surface area contributed by atoms with Gasteiger partial charge < -0.3 is 0 Å². The van der Waals surface area contributed by atoms with Gasteiger partial charge >= 0.3 is 0 Å². The smallest absolute Gasteiger partial charge is 0.141 e. The van der Waals surface area contributed by atoms with E-state index in [4.69, 9.17) is 9.97 Å². The summed E-state index contributed by atoms with van der Waals surface area (Å²) in [4.78, 5) is 12.3. The van der Waals surface area contributed by atoms with Crippen LogP contribution < -0.4 is 4.90 Å². The average Bonchev–Trinajstić information content (AvgIpc) is 3.05. The third-order valence-corrected chi connectivity index (χ3v) is 9.45. The molecule has 0 aliphatic carbocycles. The van der Waals surface area contributed by atoms with E-state index in [1.165, 1.54) is 55.8 Å².